The Kier molecular flexibility index (Phi) is 5.61. The van der Waals surface area contributed by atoms with Crippen molar-refractivity contribution in [1.29, 1.82) is 0 Å². The molecule has 1 rings (SSSR count). The van der Waals surface area contributed by atoms with Gasteiger partial charge in [-0.25, -0.2) is 0 Å². The summed E-state index contributed by atoms with van der Waals surface area (Å²) in [6.07, 6.45) is -0.116. The molecule has 104 valence electrons. The van der Waals surface area contributed by atoms with E-state index in [-0.39, 0.29) is 12.6 Å². The highest BCUT2D eigenvalue weighted by molar-refractivity contribution is 5.08. The lowest BCUT2D eigenvalue weighted by Crippen LogP contribution is -2.17. The number of rotatable bonds is 7. The molecule has 18 heavy (non-hydrogen) atoms. The van der Waals surface area contributed by atoms with Gasteiger partial charge in [-0.1, -0.05) is 0 Å². The van der Waals surface area contributed by atoms with E-state index in [1.54, 1.807) is 10.9 Å². The number of aryl methyl sites for hydroxylation is 1. The van der Waals surface area contributed by atoms with E-state index in [0.717, 1.165) is 5.56 Å². The third-order valence-corrected chi connectivity index (χ3v) is 2.53. The number of halogens is 3. The quantitative estimate of drug-likeness (QED) is 0.768. The van der Waals surface area contributed by atoms with Crippen molar-refractivity contribution in [3.63, 3.8) is 0 Å². The zero-order valence-electron chi connectivity index (χ0n) is 10.5. The van der Waals surface area contributed by atoms with Crippen LogP contribution in [0.4, 0.5) is 13.2 Å². The largest absolute Gasteiger partial charge is 0.411 e. The van der Waals surface area contributed by atoms with Gasteiger partial charge in [-0.05, 0) is 20.4 Å². The molecule has 0 fully saturated rings. The predicted molar refractivity (Wildman–Crippen MR) is 61.2 cm³/mol. The molecule has 0 saturated heterocycles. The fraction of sp³-hybridized carbons (Fsp3) is 0.727. The van der Waals surface area contributed by atoms with Gasteiger partial charge in [-0.3, -0.25) is 4.68 Å². The van der Waals surface area contributed by atoms with Crippen molar-refractivity contribution >= 4 is 0 Å². The standard InChI is InChI=1S/C11H18F3N3O/c1-9(15-2)10-6-16-17(7-10)4-3-5-18-8-11(12,13)14/h6-7,9,15H,3-5,8H2,1-2H3. The lowest BCUT2D eigenvalue weighted by atomic mass is 10.2. The van der Waals surface area contributed by atoms with Crippen LogP contribution in [0, 0.1) is 0 Å². The minimum atomic E-state index is -4.25. The SMILES string of the molecule is CNC(C)c1cnn(CCCOCC(F)(F)F)c1. The Balaban J connectivity index is 2.22. The van der Waals surface area contributed by atoms with Gasteiger partial charge < -0.3 is 10.1 Å². The molecule has 1 atom stereocenters. The van der Waals surface area contributed by atoms with E-state index in [0.29, 0.717) is 13.0 Å². The van der Waals surface area contributed by atoms with Crippen molar-refractivity contribution in [2.75, 3.05) is 20.3 Å². The van der Waals surface area contributed by atoms with Gasteiger partial charge in [0.25, 0.3) is 0 Å². The van der Waals surface area contributed by atoms with Crippen LogP contribution in [0.3, 0.4) is 0 Å². The summed E-state index contributed by atoms with van der Waals surface area (Å²) in [7, 11) is 1.85. The minimum Gasteiger partial charge on any atom is -0.372 e. The molecule has 0 saturated carbocycles. The van der Waals surface area contributed by atoms with Crippen LogP contribution in [0.5, 0.6) is 0 Å². The maximum Gasteiger partial charge on any atom is 0.411 e. The van der Waals surface area contributed by atoms with Gasteiger partial charge >= 0.3 is 6.18 Å². The molecule has 1 N–H and O–H groups in total. The van der Waals surface area contributed by atoms with E-state index in [1.165, 1.54) is 0 Å². The predicted octanol–water partition coefficient (Wildman–Crippen LogP) is 2.13. The van der Waals surface area contributed by atoms with Crippen LogP contribution >= 0.6 is 0 Å². The van der Waals surface area contributed by atoms with Crippen molar-refractivity contribution < 1.29 is 17.9 Å². The van der Waals surface area contributed by atoms with Gasteiger partial charge in [0.1, 0.15) is 6.61 Å². The van der Waals surface area contributed by atoms with E-state index < -0.39 is 12.8 Å². The summed E-state index contributed by atoms with van der Waals surface area (Å²) in [5.41, 5.74) is 1.05. The maximum atomic E-state index is 11.8. The number of ether oxygens (including phenoxy) is 1. The average Bonchev–Trinajstić information content (AvgIpc) is 2.75. The van der Waals surface area contributed by atoms with Gasteiger partial charge in [0, 0.05) is 31.0 Å². The van der Waals surface area contributed by atoms with Gasteiger partial charge in [0.2, 0.25) is 0 Å². The Labute approximate surface area is 104 Å². The number of alkyl halides is 3. The van der Waals surface area contributed by atoms with Crippen LogP contribution in [-0.2, 0) is 11.3 Å². The van der Waals surface area contributed by atoms with Gasteiger partial charge in [-0.2, -0.15) is 18.3 Å². The van der Waals surface area contributed by atoms with Gasteiger partial charge in [0.05, 0.1) is 6.20 Å². The second-order valence-corrected chi connectivity index (χ2v) is 4.07. The molecule has 0 aromatic carbocycles. The molecule has 1 aromatic heterocycles. The Morgan fingerprint density at radius 2 is 2.22 bits per heavy atom. The molecule has 1 aromatic rings. The molecule has 0 aliphatic rings. The second kappa shape index (κ2) is 6.75. The fourth-order valence-corrected chi connectivity index (χ4v) is 1.41. The lowest BCUT2D eigenvalue weighted by molar-refractivity contribution is -0.174. The molecule has 0 aliphatic heterocycles. The summed E-state index contributed by atoms with van der Waals surface area (Å²) < 4.78 is 41.6. The number of nitrogens with one attached hydrogen (secondary N) is 1. The first-order valence-electron chi connectivity index (χ1n) is 5.76. The molecular formula is C11H18F3N3O. The Morgan fingerprint density at radius 3 is 2.83 bits per heavy atom. The monoisotopic (exact) mass is 265 g/mol. The summed E-state index contributed by atoms with van der Waals surface area (Å²) in [6, 6.07) is 0.209. The highest BCUT2D eigenvalue weighted by atomic mass is 19.4. The Morgan fingerprint density at radius 1 is 1.50 bits per heavy atom. The number of nitrogens with zero attached hydrogens (tertiary/aromatic N) is 2. The van der Waals surface area contributed by atoms with Crippen molar-refractivity contribution in [3.05, 3.63) is 18.0 Å². The topological polar surface area (TPSA) is 39.1 Å². The average molecular weight is 265 g/mol. The molecule has 0 aliphatic carbocycles. The first-order chi connectivity index (χ1) is 8.42. The summed E-state index contributed by atoms with van der Waals surface area (Å²) in [5, 5.41) is 7.22. The molecule has 1 unspecified atom stereocenters. The van der Waals surface area contributed by atoms with Crippen molar-refractivity contribution in [2.45, 2.75) is 32.1 Å². The van der Waals surface area contributed by atoms with Crippen LogP contribution in [-0.4, -0.2) is 36.2 Å². The van der Waals surface area contributed by atoms with Crippen molar-refractivity contribution in [3.8, 4) is 0 Å². The smallest absolute Gasteiger partial charge is 0.372 e. The third-order valence-electron chi connectivity index (χ3n) is 2.53. The van der Waals surface area contributed by atoms with Gasteiger partial charge in [-0.15, -0.1) is 0 Å². The summed E-state index contributed by atoms with van der Waals surface area (Å²) in [5.74, 6) is 0. The normalized spacial score (nSPS) is 13.8. The van der Waals surface area contributed by atoms with E-state index in [4.69, 9.17) is 0 Å². The zero-order chi connectivity index (χ0) is 13.6. The van der Waals surface area contributed by atoms with E-state index in [1.807, 2.05) is 20.2 Å². The van der Waals surface area contributed by atoms with Crippen LogP contribution < -0.4 is 5.32 Å². The molecule has 1 heterocycles. The highest BCUT2D eigenvalue weighted by Gasteiger charge is 2.27. The highest BCUT2D eigenvalue weighted by Crippen LogP contribution is 2.14. The third kappa shape index (κ3) is 5.50. The number of aromatic nitrogens is 2. The molecule has 4 nitrogen and oxygen atoms in total. The lowest BCUT2D eigenvalue weighted by Gasteiger charge is -2.07. The summed E-state index contributed by atoms with van der Waals surface area (Å²) >= 11 is 0. The van der Waals surface area contributed by atoms with E-state index >= 15 is 0 Å². The van der Waals surface area contributed by atoms with Crippen molar-refractivity contribution in [2.24, 2.45) is 0 Å². The van der Waals surface area contributed by atoms with E-state index in [9.17, 15) is 13.2 Å². The first kappa shape index (κ1) is 15.0. The van der Waals surface area contributed by atoms with E-state index in [2.05, 4.69) is 15.2 Å². The first-order valence-corrected chi connectivity index (χ1v) is 5.76. The van der Waals surface area contributed by atoms with Crippen LogP contribution in [0.25, 0.3) is 0 Å². The molecule has 7 heteroatoms. The summed E-state index contributed by atoms with van der Waals surface area (Å²) in [6.45, 7) is 1.45. The molecule has 0 radical (unpaired) electrons. The Hall–Kier alpha value is -1.08. The molecular weight excluding hydrogens is 247 g/mol. The maximum absolute atomic E-state index is 11.8. The Bertz CT molecular complexity index is 352. The molecule has 0 bridgehead atoms. The zero-order valence-corrected chi connectivity index (χ0v) is 10.5. The second-order valence-electron chi connectivity index (χ2n) is 4.07. The number of hydrogen-bond donors (Lipinski definition) is 1. The summed E-state index contributed by atoms with van der Waals surface area (Å²) in [4.78, 5) is 0. The van der Waals surface area contributed by atoms with Crippen molar-refractivity contribution in [1.82, 2.24) is 15.1 Å². The minimum absolute atomic E-state index is 0.0796. The van der Waals surface area contributed by atoms with Crippen LogP contribution in [0.15, 0.2) is 12.4 Å². The van der Waals surface area contributed by atoms with Crippen LogP contribution in [0.1, 0.15) is 24.9 Å². The molecule has 0 spiro atoms. The molecule has 0 amide bonds. The van der Waals surface area contributed by atoms with Gasteiger partial charge in [0.15, 0.2) is 0 Å². The fourth-order valence-electron chi connectivity index (χ4n) is 1.41. The number of hydrogen-bond acceptors (Lipinski definition) is 3. The van der Waals surface area contributed by atoms with Crippen LogP contribution in [0.2, 0.25) is 0 Å².